The van der Waals surface area contributed by atoms with Crippen molar-refractivity contribution in [2.45, 2.75) is 129 Å². The molecular weight excluding hydrogens is 324 g/mol. The zero-order valence-electron chi connectivity index (χ0n) is 18.9. The molecule has 0 aliphatic carbocycles. The van der Waals surface area contributed by atoms with E-state index in [2.05, 4.69) is 74.7 Å². The fraction of sp³-hybridized carbons (Fsp3) is 1.00. The highest BCUT2D eigenvalue weighted by Crippen LogP contribution is 2.56. The molecule has 146 valence electrons. The lowest BCUT2D eigenvalue weighted by molar-refractivity contribution is 0.100. The minimum atomic E-state index is -1.86. The summed E-state index contributed by atoms with van der Waals surface area (Å²) in [5.74, 6) is 0.798. The SMILES string of the molecule is CCC(CC)C(CC)(CC)[Si](C)(C)OC(CC)(CC)[Si](C)(C)CC. The van der Waals surface area contributed by atoms with Gasteiger partial charge in [-0.1, -0.05) is 93.3 Å². The third-order valence-electron chi connectivity index (χ3n) is 7.94. The van der Waals surface area contributed by atoms with Crippen LogP contribution in [0.25, 0.3) is 0 Å². The molecule has 1 nitrogen and oxygen atoms in total. The molecule has 0 N–H and O–H groups in total. The van der Waals surface area contributed by atoms with Crippen molar-refractivity contribution in [3.63, 3.8) is 0 Å². The van der Waals surface area contributed by atoms with E-state index in [9.17, 15) is 0 Å². The molecule has 0 heterocycles. The predicted molar refractivity (Wildman–Crippen MR) is 117 cm³/mol. The number of hydrogen-bond acceptors (Lipinski definition) is 1. The summed E-state index contributed by atoms with van der Waals surface area (Å²) in [6, 6.07) is 1.31. The summed E-state index contributed by atoms with van der Waals surface area (Å²) >= 11 is 0. The second-order valence-electron chi connectivity index (χ2n) is 8.93. The Kier molecular flexibility index (Phi) is 9.52. The van der Waals surface area contributed by atoms with Gasteiger partial charge >= 0.3 is 0 Å². The fourth-order valence-electron chi connectivity index (χ4n) is 5.64. The normalized spacial score (nSPS) is 14.5. The Morgan fingerprint density at radius 2 is 1.12 bits per heavy atom. The Labute approximate surface area is 156 Å². The lowest BCUT2D eigenvalue weighted by atomic mass is 9.83. The zero-order chi connectivity index (χ0) is 19.2. The lowest BCUT2D eigenvalue weighted by Crippen LogP contribution is -2.63. The summed E-state index contributed by atoms with van der Waals surface area (Å²) in [7, 11) is -3.27. The molecule has 3 heteroatoms. The maximum Gasteiger partial charge on any atom is 0.193 e. The summed E-state index contributed by atoms with van der Waals surface area (Å²) in [5.41, 5.74) is 0. The van der Waals surface area contributed by atoms with E-state index in [1.54, 1.807) is 0 Å². The van der Waals surface area contributed by atoms with Crippen molar-refractivity contribution in [1.29, 1.82) is 0 Å². The van der Waals surface area contributed by atoms with Crippen molar-refractivity contribution in [1.82, 2.24) is 0 Å². The smallest absolute Gasteiger partial charge is 0.193 e. The van der Waals surface area contributed by atoms with Crippen LogP contribution in [0.2, 0.25) is 37.3 Å². The van der Waals surface area contributed by atoms with E-state index in [1.165, 1.54) is 44.6 Å². The molecule has 0 aliphatic heterocycles. The molecule has 0 fully saturated rings. The molecule has 0 unspecified atom stereocenters. The average molecular weight is 373 g/mol. The Balaban J connectivity index is 6.07. The molecular formula is C21H48OSi2. The Bertz CT molecular complexity index is 351. The molecule has 0 rings (SSSR count). The highest BCUT2D eigenvalue weighted by molar-refractivity contribution is 6.82. The first-order valence-electron chi connectivity index (χ1n) is 10.7. The predicted octanol–water partition coefficient (Wildman–Crippen LogP) is 8.03. The van der Waals surface area contributed by atoms with Gasteiger partial charge in [0.25, 0.3) is 0 Å². The Morgan fingerprint density at radius 3 is 1.38 bits per heavy atom. The lowest BCUT2D eigenvalue weighted by Gasteiger charge is -2.56. The van der Waals surface area contributed by atoms with Crippen molar-refractivity contribution < 1.29 is 4.43 Å². The minimum Gasteiger partial charge on any atom is -0.414 e. The summed E-state index contributed by atoms with van der Waals surface area (Å²) in [5, 5.41) is 0.559. The third kappa shape index (κ3) is 4.20. The van der Waals surface area contributed by atoms with Crippen LogP contribution in [0.5, 0.6) is 0 Å². The van der Waals surface area contributed by atoms with E-state index >= 15 is 0 Å². The topological polar surface area (TPSA) is 9.23 Å². The van der Waals surface area contributed by atoms with Gasteiger partial charge in [0.2, 0.25) is 0 Å². The van der Waals surface area contributed by atoms with Gasteiger partial charge in [-0.25, -0.2) is 0 Å². The van der Waals surface area contributed by atoms with Gasteiger partial charge in [-0.15, -0.1) is 0 Å². The third-order valence-corrected chi connectivity index (χ3v) is 17.6. The average Bonchev–Trinajstić information content (AvgIpc) is 2.56. The van der Waals surface area contributed by atoms with Crippen LogP contribution in [-0.2, 0) is 4.43 Å². The molecule has 0 aromatic rings. The van der Waals surface area contributed by atoms with Gasteiger partial charge in [0.05, 0.1) is 8.07 Å². The maximum absolute atomic E-state index is 7.41. The highest BCUT2D eigenvalue weighted by Gasteiger charge is 2.55. The van der Waals surface area contributed by atoms with Gasteiger partial charge in [0.1, 0.15) is 0 Å². The molecule has 0 amide bonds. The molecule has 0 spiro atoms. The fourth-order valence-corrected chi connectivity index (χ4v) is 14.6. The summed E-state index contributed by atoms with van der Waals surface area (Å²) < 4.78 is 7.41. The highest BCUT2D eigenvalue weighted by atomic mass is 28.4. The monoisotopic (exact) mass is 372 g/mol. The van der Waals surface area contributed by atoms with E-state index < -0.39 is 16.4 Å². The van der Waals surface area contributed by atoms with Crippen LogP contribution in [0.4, 0.5) is 0 Å². The van der Waals surface area contributed by atoms with Crippen molar-refractivity contribution >= 4 is 16.4 Å². The van der Waals surface area contributed by atoms with Crippen LogP contribution in [0.15, 0.2) is 0 Å². The van der Waals surface area contributed by atoms with Crippen LogP contribution >= 0.6 is 0 Å². The van der Waals surface area contributed by atoms with E-state index in [0.29, 0.717) is 5.04 Å². The van der Waals surface area contributed by atoms with E-state index in [0.717, 1.165) is 5.92 Å². The van der Waals surface area contributed by atoms with Gasteiger partial charge in [-0.3, -0.25) is 0 Å². The van der Waals surface area contributed by atoms with E-state index in [-0.39, 0.29) is 5.22 Å². The molecule has 24 heavy (non-hydrogen) atoms. The number of rotatable bonds is 12. The number of hydrogen-bond donors (Lipinski definition) is 0. The zero-order valence-corrected chi connectivity index (χ0v) is 20.9. The summed E-state index contributed by atoms with van der Waals surface area (Å²) in [6.45, 7) is 26.9. The van der Waals surface area contributed by atoms with Gasteiger partial charge < -0.3 is 4.43 Å². The maximum atomic E-state index is 7.41. The van der Waals surface area contributed by atoms with E-state index in [1.807, 2.05) is 0 Å². The van der Waals surface area contributed by atoms with Crippen LogP contribution in [0.3, 0.4) is 0 Å². The van der Waals surface area contributed by atoms with Gasteiger partial charge in [-0.2, -0.15) is 0 Å². The second kappa shape index (κ2) is 9.36. The summed E-state index contributed by atoms with van der Waals surface area (Å²) in [6.07, 6.45) is 7.48. The summed E-state index contributed by atoms with van der Waals surface area (Å²) in [4.78, 5) is 0. The van der Waals surface area contributed by atoms with Gasteiger partial charge in [-0.05, 0) is 36.9 Å². The quantitative estimate of drug-likeness (QED) is 0.315. The first-order chi connectivity index (χ1) is 11.0. The van der Waals surface area contributed by atoms with Crippen LogP contribution in [0, 0.1) is 5.92 Å². The van der Waals surface area contributed by atoms with Crippen molar-refractivity contribution in [3.8, 4) is 0 Å². The second-order valence-corrected chi connectivity index (χ2v) is 18.5. The standard InChI is InChI=1S/C21H48OSi2/c1-12-19(13-2)20(14-3,15-4)24(10,11)22-21(16-5,17-6)23(8,9)18-7/h19H,12-18H2,1-11H3. The first-order valence-corrected chi connectivity index (χ1v) is 16.8. The van der Waals surface area contributed by atoms with Gasteiger partial charge in [0.15, 0.2) is 8.32 Å². The van der Waals surface area contributed by atoms with Crippen LogP contribution < -0.4 is 0 Å². The molecule has 0 aromatic heterocycles. The van der Waals surface area contributed by atoms with Crippen molar-refractivity contribution in [2.24, 2.45) is 5.92 Å². The Morgan fingerprint density at radius 1 is 0.708 bits per heavy atom. The largest absolute Gasteiger partial charge is 0.414 e. The molecule has 0 saturated heterocycles. The van der Waals surface area contributed by atoms with Gasteiger partial charge in [0, 0.05) is 5.22 Å². The molecule has 0 bridgehead atoms. The van der Waals surface area contributed by atoms with Crippen molar-refractivity contribution in [2.75, 3.05) is 0 Å². The molecule has 0 saturated carbocycles. The Hall–Kier alpha value is 0.394. The van der Waals surface area contributed by atoms with Crippen LogP contribution in [0.1, 0.15) is 87.0 Å². The minimum absolute atomic E-state index is 0.152. The molecule has 0 atom stereocenters. The first kappa shape index (κ1) is 24.4. The molecule has 0 aromatic carbocycles. The molecule has 0 radical (unpaired) electrons. The molecule has 0 aliphatic rings. The van der Waals surface area contributed by atoms with Crippen LogP contribution in [-0.4, -0.2) is 21.6 Å². The van der Waals surface area contributed by atoms with Crippen molar-refractivity contribution in [3.05, 3.63) is 0 Å². The van der Waals surface area contributed by atoms with E-state index in [4.69, 9.17) is 4.43 Å².